The van der Waals surface area contributed by atoms with Crippen LogP contribution in [0.5, 0.6) is 0 Å². The summed E-state index contributed by atoms with van der Waals surface area (Å²) in [6.45, 7) is 4.61. The maximum Gasteiger partial charge on any atom is 0.0813 e. The Hall–Kier alpha value is -1.65. The average Bonchev–Trinajstić information content (AvgIpc) is 3.02. The third kappa shape index (κ3) is 2.10. The first-order chi connectivity index (χ1) is 10.0. The molecule has 2 N–H and O–H groups in total. The molecule has 0 saturated heterocycles. The van der Waals surface area contributed by atoms with Gasteiger partial charge in [0.15, 0.2) is 0 Å². The summed E-state index contributed by atoms with van der Waals surface area (Å²) < 4.78 is 3.53. The van der Waals surface area contributed by atoms with E-state index in [9.17, 15) is 0 Å². The minimum absolute atomic E-state index is 0.150. The van der Waals surface area contributed by atoms with Crippen LogP contribution in [0.2, 0.25) is 0 Å². The highest BCUT2D eigenvalue weighted by Crippen LogP contribution is 2.41. The molecule has 3 nitrogen and oxygen atoms in total. The van der Waals surface area contributed by atoms with Crippen LogP contribution in [0.4, 0.5) is 0 Å². The molecular formula is C17H19N3S. The topological polar surface area (TPSA) is 43.8 Å². The van der Waals surface area contributed by atoms with Gasteiger partial charge in [-0.1, -0.05) is 13.8 Å². The highest BCUT2D eigenvalue weighted by Gasteiger charge is 2.32. The molecule has 4 rings (SSSR count). The number of aromatic nitrogens is 2. The number of nitrogens with zero attached hydrogens (tertiary/aromatic N) is 2. The number of nitrogens with two attached hydrogens (primary N) is 1. The fourth-order valence-corrected chi connectivity index (χ4v) is 4.18. The normalized spacial score (nSPS) is 20.6. The van der Waals surface area contributed by atoms with Crippen LogP contribution in [-0.4, -0.2) is 9.55 Å². The summed E-state index contributed by atoms with van der Waals surface area (Å²) in [5, 5.41) is 0. The Morgan fingerprint density at radius 1 is 1.33 bits per heavy atom. The summed E-state index contributed by atoms with van der Waals surface area (Å²) in [7, 11) is 0. The molecule has 0 amide bonds. The minimum Gasteiger partial charge on any atom is -0.324 e. The van der Waals surface area contributed by atoms with E-state index in [0.717, 1.165) is 18.4 Å². The number of rotatable bonds is 1. The molecule has 0 spiro atoms. The van der Waals surface area contributed by atoms with Crippen molar-refractivity contribution in [2.24, 2.45) is 11.1 Å². The van der Waals surface area contributed by atoms with Crippen LogP contribution in [0.3, 0.4) is 0 Å². The SMILES string of the molecule is CC1(C)Cc2c(ccn2-c2ccc3ncsc3c2)C(N)C1. The largest absolute Gasteiger partial charge is 0.324 e. The number of hydrogen-bond donors (Lipinski definition) is 1. The molecule has 21 heavy (non-hydrogen) atoms. The van der Waals surface area contributed by atoms with Gasteiger partial charge in [-0.15, -0.1) is 11.3 Å². The lowest BCUT2D eigenvalue weighted by molar-refractivity contribution is 0.278. The Bertz CT molecular complexity index is 812. The fourth-order valence-electron chi connectivity index (χ4n) is 3.47. The molecule has 1 aliphatic rings. The van der Waals surface area contributed by atoms with Crippen LogP contribution in [0.15, 0.2) is 36.0 Å². The molecule has 1 unspecified atom stereocenters. The van der Waals surface area contributed by atoms with Gasteiger partial charge in [0.1, 0.15) is 0 Å². The monoisotopic (exact) mass is 297 g/mol. The zero-order valence-corrected chi connectivity index (χ0v) is 13.2. The quantitative estimate of drug-likeness (QED) is 0.736. The lowest BCUT2D eigenvalue weighted by Gasteiger charge is -2.34. The highest BCUT2D eigenvalue weighted by molar-refractivity contribution is 7.16. The van der Waals surface area contributed by atoms with E-state index in [1.165, 1.54) is 21.6 Å². The van der Waals surface area contributed by atoms with Gasteiger partial charge in [0.25, 0.3) is 0 Å². The molecule has 1 aliphatic carbocycles. The Labute approximate surface area is 128 Å². The maximum atomic E-state index is 6.37. The highest BCUT2D eigenvalue weighted by atomic mass is 32.1. The molecule has 2 aromatic heterocycles. The van der Waals surface area contributed by atoms with E-state index < -0.39 is 0 Å². The lowest BCUT2D eigenvalue weighted by Crippen LogP contribution is -2.30. The molecule has 0 bridgehead atoms. The molecular weight excluding hydrogens is 278 g/mol. The Kier molecular flexibility index (Phi) is 2.75. The first-order valence-electron chi connectivity index (χ1n) is 7.33. The molecule has 2 heterocycles. The number of thiazole rings is 1. The predicted molar refractivity (Wildman–Crippen MR) is 88.0 cm³/mol. The van der Waals surface area contributed by atoms with Crippen molar-refractivity contribution in [3.05, 3.63) is 47.2 Å². The summed E-state index contributed by atoms with van der Waals surface area (Å²) in [6.07, 6.45) is 4.29. The van der Waals surface area contributed by atoms with Gasteiger partial charge in [-0.2, -0.15) is 0 Å². The molecule has 1 atom stereocenters. The van der Waals surface area contributed by atoms with Crippen molar-refractivity contribution in [2.45, 2.75) is 32.7 Å². The summed E-state index contributed by atoms with van der Waals surface area (Å²) in [4.78, 5) is 4.35. The smallest absolute Gasteiger partial charge is 0.0813 e. The van der Waals surface area contributed by atoms with E-state index in [1.54, 1.807) is 11.3 Å². The van der Waals surface area contributed by atoms with Crippen molar-refractivity contribution in [3.63, 3.8) is 0 Å². The molecule has 108 valence electrons. The van der Waals surface area contributed by atoms with E-state index in [1.807, 2.05) is 5.51 Å². The van der Waals surface area contributed by atoms with Crippen molar-refractivity contribution >= 4 is 21.6 Å². The molecule has 0 saturated carbocycles. The van der Waals surface area contributed by atoms with Crippen LogP contribution in [-0.2, 0) is 6.42 Å². The summed E-state index contributed by atoms with van der Waals surface area (Å²) in [5.74, 6) is 0. The average molecular weight is 297 g/mol. The summed E-state index contributed by atoms with van der Waals surface area (Å²) >= 11 is 1.69. The van der Waals surface area contributed by atoms with Gasteiger partial charge in [0.2, 0.25) is 0 Å². The zero-order valence-electron chi connectivity index (χ0n) is 12.3. The van der Waals surface area contributed by atoms with Crippen LogP contribution in [0.1, 0.15) is 37.6 Å². The zero-order chi connectivity index (χ0) is 14.6. The third-order valence-corrected chi connectivity index (χ3v) is 5.23. The molecule has 1 aromatic carbocycles. The minimum atomic E-state index is 0.150. The second-order valence-corrected chi connectivity index (χ2v) is 7.63. The second kappa shape index (κ2) is 4.42. The predicted octanol–water partition coefficient (Wildman–Crippen LogP) is 4.06. The van der Waals surface area contributed by atoms with E-state index >= 15 is 0 Å². The second-order valence-electron chi connectivity index (χ2n) is 6.74. The Balaban J connectivity index is 1.86. The van der Waals surface area contributed by atoms with Crippen molar-refractivity contribution in [1.29, 1.82) is 0 Å². The van der Waals surface area contributed by atoms with Crippen molar-refractivity contribution in [2.75, 3.05) is 0 Å². The van der Waals surface area contributed by atoms with Gasteiger partial charge in [0.05, 0.1) is 15.7 Å². The van der Waals surface area contributed by atoms with Crippen LogP contribution in [0.25, 0.3) is 15.9 Å². The molecule has 0 radical (unpaired) electrons. The van der Waals surface area contributed by atoms with Gasteiger partial charge in [-0.25, -0.2) is 4.98 Å². The standard InChI is InChI=1S/C17H19N3S/c1-17(2)8-13(18)12-5-6-20(15(12)9-17)11-3-4-14-16(7-11)21-10-19-14/h3-7,10,13H,8-9,18H2,1-2H3. The van der Waals surface area contributed by atoms with Gasteiger partial charge in [0, 0.05) is 23.6 Å². The van der Waals surface area contributed by atoms with Crippen molar-refractivity contribution < 1.29 is 0 Å². The first kappa shape index (κ1) is 13.0. The third-order valence-electron chi connectivity index (χ3n) is 4.44. The van der Waals surface area contributed by atoms with Crippen molar-refractivity contribution in [1.82, 2.24) is 9.55 Å². The van der Waals surface area contributed by atoms with E-state index in [0.29, 0.717) is 0 Å². The number of hydrogen-bond acceptors (Lipinski definition) is 3. The Morgan fingerprint density at radius 2 is 2.19 bits per heavy atom. The van der Waals surface area contributed by atoms with Gasteiger partial charge in [-0.05, 0) is 48.1 Å². The van der Waals surface area contributed by atoms with E-state index in [-0.39, 0.29) is 11.5 Å². The summed E-state index contributed by atoms with van der Waals surface area (Å²) in [5.41, 5.74) is 13.5. The van der Waals surface area contributed by atoms with Crippen LogP contribution in [0, 0.1) is 5.41 Å². The fraction of sp³-hybridized carbons (Fsp3) is 0.353. The van der Waals surface area contributed by atoms with Gasteiger partial charge < -0.3 is 10.3 Å². The van der Waals surface area contributed by atoms with Crippen molar-refractivity contribution in [3.8, 4) is 5.69 Å². The van der Waals surface area contributed by atoms with Gasteiger partial charge >= 0.3 is 0 Å². The molecule has 0 fully saturated rings. The Morgan fingerprint density at radius 3 is 3.05 bits per heavy atom. The maximum absolute atomic E-state index is 6.37. The van der Waals surface area contributed by atoms with Gasteiger partial charge in [-0.3, -0.25) is 0 Å². The van der Waals surface area contributed by atoms with Crippen LogP contribution < -0.4 is 5.73 Å². The van der Waals surface area contributed by atoms with Crippen LogP contribution >= 0.6 is 11.3 Å². The first-order valence-corrected chi connectivity index (χ1v) is 8.21. The van der Waals surface area contributed by atoms with E-state index in [4.69, 9.17) is 5.73 Å². The lowest BCUT2D eigenvalue weighted by atomic mass is 9.74. The van der Waals surface area contributed by atoms with E-state index in [2.05, 4.69) is 53.9 Å². The summed E-state index contributed by atoms with van der Waals surface area (Å²) in [6, 6.07) is 8.81. The molecule has 0 aliphatic heterocycles. The number of fused-ring (bicyclic) bond motifs is 2. The molecule has 3 aromatic rings. The molecule has 4 heteroatoms. The number of benzene rings is 1.